The minimum Gasteiger partial charge on any atom is -0.394 e. The van der Waals surface area contributed by atoms with Gasteiger partial charge in [0.15, 0.2) is 0 Å². The fourth-order valence-corrected chi connectivity index (χ4v) is 8.29. The van der Waals surface area contributed by atoms with E-state index in [0.717, 1.165) is 38.5 Å². The van der Waals surface area contributed by atoms with Gasteiger partial charge in [-0.3, -0.25) is 4.79 Å². The molecule has 0 radical (unpaired) electrons. The largest absolute Gasteiger partial charge is 0.394 e. The van der Waals surface area contributed by atoms with Crippen LogP contribution in [-0.2, 0) is 4.79 Å². The molecule has 56 heavy (non-hydrogen) atoms. The number of nitrogens with one attached hydrogen (secondary N) is 1. The summed E-state index contributed by atoms with van der Waals surface area (Å²) in [5.41, 5.74) is 0. The van der Waals surface area contributed by atoms with Gasteiger partial charge in [0, 0.05) is 0 Å². The first-order valence-corrected chi connectivity index (χ1v) is 25.4. The smallest absolute Gasteiger partial charge is 0.249 e. The fraction of sp³-hybridized carbons (Fsp3) is 0.980. The van der Waals surface area contributed by atoms with E-state index >= 15 is 0 Å². The predicted molar refractivity (Wildman–Crippen MR) is 242 cm³/mol. The van der Waals surface area contributed by atoms with Gasteiger partial charge in [0.2, 0.25) is 5.91 Å². The normalized spacial score (nSPS) is 13.9. The Kier molecular flexibility index (Phi) is 44.8. The van der Waals surface area contributed by atoms with Gasteiger partial charge in [-0.15, -0.1) is 0 Å². The highest BCUT2D eigenvalue weighted by Gasteiger charge is 2.28. The topological polar surface area (TPSA) is 110 Å². The Balaban J connectivity index is 3.63. The highest BCUT2D eigenvalue weighted by atomic mass is 16.3. The van der Waals surface area contributed by atoms with Gasteiger partial charge in [-0.1, -0.05) is 271 Å². The molecule has 6 nitrogen and oxygen atoms in total. The van der Waals surface area contributed by atoms with Crippen LogP contribution in [0.4, 0.5) is 0 Å². The van der Waals surface area contributed by atoms with Crippen molar-refractivity contribution in [2.75, 3.05) is 6.61 Å². The summed E-state index contributed by atoms with van der Waals surface area (Å²) in [5.74, 6) is -0.577. The van der Waals surface area contributed by atoms with Crippen molar-refractivity contribution in [2.45, 2.75) is 308 Å². The number of unbranched alkanes of at least 4 members (excludes halogenated alkanes) is 38. The minimum atomic E-state index is -1.25. The number of carbonyl (C=O) groups is 1. The Morgan fingerprint density at radius 3 is 0.857 bits per heavy atom. The molecule has 0 aliphatic heterocycles. The molecule has 0 aliphatic carbocycles. The summed E-state index contributed by atoms with van der Waals surface area (Å²) >= 11 is 0. The molecule has 0 saturated heterocycles. The summed E-state index contributed by atoms with van der Waals surface area (Å²) in [4.78, 5) is 12.6. The number of rotatable bonds is 47. The van der Waals surface area contributed by atoms with Crippen molar-refractivity contribution in [1.82, 2.24) is 5.32 Å². The lowest BCUT2D eigenvalue weighted by atomic mass is 9.99. The number of hydrogen-bond acceptors (Lipinski definition) is 5. The summed E-state index contributed by atoms with van der Waals surface area (Å²) in [6.45, 7) is 4.09. The van der Waals surface area contributed by atoms with Crippen LogP contribution in [0.5, 0.6) is 0 Å². The molecule has 0 aromatic rings. The van der Waals surface area contributed by atoms with Crippen molar-refractivity contribution in [1.29, 1.82) is 0 Å². The van der Waals surface area contributed by atoms with Crippen LogP contribution in [-0.4, -0.2) is 57.3 Å². The molecule has 4 unspecified atom stereocenters. The van der Waals surface area contributed by atoms with E-state index in [4.69, 9.17) is 0 Å². The van der Waals surface area contributed by atoms with Gasteiger partial charge >= 0.3 is 0 Å². The predicted octanol–water partition coefficient (Wildman–Crippen LogP) is 14.0. The van der Waals surface area contributed by atoms with Crippen LogP contribution < -0.4 is 5.32 Å². The zero-order valence-electron chi connectivity index (χ0n) is 37.9. The Labute approximate surface area is 350 Å². The Morgan fingerprint density at radius 1 is 0.375 bits per heavy atom. The van der Waals surface area contributed by atoms with Crippen LogP contribution in [0.25, 0.3) is 0 Å². The third kappa shape index (κ3) is 38.8. The van der Waals surface area contributed by atoms with Crippen molar-refractivity contribution in [2.24, 2.45) is 0 Å². The van der Waals surface area contributed by atoms with E-state index in [1.807, 2.05) is 0 Å². The zero-order chi connectivity index (χ0) is 41.0. The molecular weight excluding hydrogens is 695 g/mol. The van der Waals surface area contributed by atoms with Gasteiger partial charge in [0.25, 0.3) is 0 Å². The quantitative estimate of drug-likeness (QED) is 0.0394. The third-order valence-electron chi connectivity index (χ3n) is 12.3. The second-order valence-electron chi connectivity index (χ2n) is 17.9. The molecule has 5 N–H and O–H groups in total. The van der Waals surface area contributed by atoms with E-state index < -0.39 is 36.9 Å². The molecule has 0 aromatic heterocycles. The molecule has 336 valence electrons. The first kappa shape index (κ1) is 55.3. The first-order chi connectivity index (χ1) is 27.5. The van der Waals surface area contributed by atoms with Crippen LogP contribution in [0.2, 0.25) is 0 Å². The Bertz CT molecular complexity index is 766. The maximum Gasteiger partial charge on any atom is 0.249 e. The summed E-state index contributed by atoms with van der Waals surface area (Å²) < 4.78 is 0. The van der Waals surface area contributed by atoms with E-state index in [2.05, 4.69) is 19.2 Å². The van der Waals surface area contributed by atoms with Crippen LogP contribution >= 0.6 is 0 Å². The molecule has 0 rings (SSSR count). The molecule has 0 bridgehead atoms. The lowest BCUT2D eigenvalue weighted by molar-refractivity contribution is -0.132. The standard InChI is InChI=1S/C50H101NO5/c1-3-5-7-9-11-13-15-17-19-21-23-24-26-27-29-31-33-35-37-39-41-43-47(53)49(55)46(45-52)51-50(56)48(54)44-42-40-38-36-34-32-30-28-25-22-20-18-16-14-12-10-8-6-4-2/h46-49,52-55H,3-45H2,1-2H3,(H,51,56). The highest BCUT2D eigenvalue weighted by Crippen LogP contribution is 2.18. The average Bonchev–Trinajstić information content (AvgIpc) is 3.20. The molecule has 0 aromatic carbocycles. The number of aliphatic hydroxyl groups is 4. The van der Waals surface area contributed by atoms with Crippen molar-refractivity contribution in [3.8, 4) is 0 Å². The van der Waals surface area contributed by atoms with Gasteiger partial charge in [0.1, 0.15) is 12.2 Å². The summed E-state index contributed by atoms with van der Waals surface area (Å²) in [6.07, 6.45) is 50.0. The molecule has 6 heteroatoms. The number of aliphatic hydroxyl groups excluding tert-OH is 4. The van der Waals surface area contributed by atoms with E-state index in [-0.39, 0.29) is 0 Å². The molecule has 0 aliphatic rings. The summed E-state index contributed by atoms with van der Waals surface area (Å²) in [6, 6.07) is -0.979. The zero-order valence-corrected chi connectivity index (χ0v) is 37.9. The lowest BCUT2D eigenvalue weighted by Gasteiger charge is -2.27. The first-order valence-electron chi connectivity index (χ1n) is 25.4. The van der Waals surface area contributed by atoms with Crippen molar-refractivity contribution >= 4 is 5.91 Å². The van der Waals surface area contributed by atoms with Crippen LogP contribution in [0.1, 0.15) is 284 Å². The van der Waals surface area contributed by atoms with Gasteiger partial charge < -0.3 is 25.7 Å². The molecule has 0 fully saturated rings. The summed E-state index contributed by atoms with van der Waals surface area (Å²) in [5, 5.41) is 43.9. The van der Waals surface area contributed by atoms with Crippen molar-refractivity contribution < 1.29 is 25.2 Å². The maximum atomic E-state index is 12.6. The van der Waals surface area contributed by atoms with Gasteiger partial charge in [-0.2, -0.15) is 0 Å². The highest BCUT2D eigenvalue weighted by molar-refractivity contribution is 5.80. The minimum absolute atomic E-state index is 0.376. The third-order valence-corrected chi connectivity index (χ3v) is 12.3. The summed E-state index contributed by atoms with van der Waals surface area (Å²) in [7, 11) is 0. The van der Waals surface area contributed by atoms with E-state index in [1.54, 1.807) is 0 Å². The van der Waals surface area contributed by atoms with Crippen LogP contribution in [0.15, 0.2) is 0 Å². The molecule has 0 spiro atoms. The van der Waals surface area contributed by atoms with E-state index in [1.165, 1.54) is 218 Å². The molecule has 4 atom stereocenters. The Morgan fingerprint density at radius 2 is 0.607 bits per heavy atom. The van der Waals surface area contributed by atoms with Crippen LogP contribution in [0.3, 0.4) is 0 Å². The van der Waals surface area contributed by atoms with Gasteiger partial charge in [-0.25, -0.2) is 0 Å². The maximum absolute atomic E-state index is 12.6. The molecular formula is C50H101NO5. The number of amides is 1. The number of hydrogen-bond donors (Lipinski definition) is 5. The molecule has 0 saturated carbocycles. The second-order valence-corrected chi connectivity index (χ2v) is 17.9. The van der Waals surface area contributed by atoms with Crippen LogP contribution in [0, 0.1) is 0 Å². The monoisotopic (exact) mass is 796 g/mol. The lowest BCUT2D eigenvalue weighted by Crippen LogP contribution is -2.53. The number of carbonyl (C=O) groups excluding carboxylic acids is 1. The van der Waals surface area contributed by atoms with E-state index in [9.17, 15) is 25.2 Å². The molecule has 1 amide bonds. The van der Waals surface area contributed by atoms with Crippen molar-refractivity contribution in [3.63, 3.8) is 0 Å². The van der Waals surface area contributed by atoms with E-state index in [0.29, 0.717) is 12.8 Å². The second kappa shape index (κ2) is 45.4. The SMILES string of the molecule is CCCCCCCCCCCCCCCCCCCCCCCC(O)C(O)C(CO)NC(=O)C(O)CCCCCCCCCCCCCCCCCCCCC. The Hall–Kier alpha value is -0.690. The fourth-order valence-electron chi connectivity index (χ4n) is 8.29. The van der Waals surface area contributed by atoms with Gasteiger partial charge in [0.05, 0.1) is 18.8 Å². The molecule has 0 heterocycles. The average molecular weight is 796 g/mol. The van der Waals surface area contributed by atoms with Gasteiger partial charge in [-0.05, 0) is 12.8 Å². The van der Waals surface area contributed by atoms with Crippen molar-refractivity contribution in [3.05, 3.63) is 0 Å².